The van der Waals surface area contributed by atoms with Gasteiger partial charge in [-0.15, -0.1) is 0 Å². The minimum atomic E-state index is -3.28. The van der Waals surface area contributed by atoms with Gasteiger partial charge in [-0.05, 0) is 24.7 Å². The highest BCUT2D eigenvalue weighted by Gasteiger charge is 2.34. The number of hydrogen-bond donors (Lipinski definition) is 1. The molecule has 1 aliphatic heterocycles. The number of carboxylic acid groups (broad SMARTS) is 1. The van der Waals surface area contributed by atoms with E-state index in [0.29, 0.717) is 19.4 Å². The van der Waals surface area contributed by atoms with Gasteiger partial charge in [-0.25, -0.2) is 12.7 Å². The van der Waals surface area contributed by atoms with Crippen LogP contribution >= 0.6 is 0 Å². The number of rotatable bonds is 5. The minimum absolute atomic E-state index is 0.122. The van der Waals surface area contributed by atoms with Crippen LogP contribution in [0.15, 0.2) is 0 Å². The molecule has 1 N–H and O–H groups in total. The van der Waals surface area contributed by atoms with E-state index in [1.807, 2.05) is 0 Å². The van der Waals surface area contributed by atoms with Gasteiger partial charge in [0.25, 0.3) is 0 Å². The molecule has 1 heterocycles. The summed E-state index contributed by atoms with van der Waals surface area (Å²) in [6.45, 7) is 6.71. The molecule has 106 valence electrons. The molecule has 0 aromatic heterocycles. The van der Waals surface area contributed by atoms with Crippen molar-refractivity contribution < 1.29 is 18.3 Å². The number of carboxylic acids is 1. The second-order valence-electron chi connectivity index (χ2n) is 6.16. The molecule has 0 bridgehead atoms. The molecule has 0 radical (unpaired) electrons. The van der Waals surface area contributed by atoms with Crippen LogP contribution < -0.4 is 0 Å². The summed E-state index contributed by atoms with van der Waals surface area (Å²) in [7, 11) is -3.28. The van der Waals surface area contributed by atoms with Crippen LogP contribution in [0.3, 0.4) is 0 Å². The topological polar surface area (TPSA) is 74.7 Å². The molecule has 18 heavy (non-hydrogen) atoms. The Balaban J connectivity index is 2.48. The summed E-state index contributed by atoms with van der Waals surface area (Å²) in [5.41, 5.74) is 0.129. The molecule has 1 saturated heterocycles. The molecule has 1 rings (SSSR count). The predicted molar refractivity (Wildman–Crippen MR) is 69.8 cm³/mol. The fourth-order valence-corrected chi connectivity index (χ4v) is 3.65. The summed E-state index contributed by atoms with van der Waals surface area (Å²) in [6, 6.07) is 0. The second kappa shape index (κ2) is 5.57. The Hall–Kier alpha value is -0.620. The summed E-state index contributed by atoms with van der Waals surface area (Å²) in [5, 5.41) is 8.86. The van der Waals surface area contributed by atoms with Gasteiger partial charge in [0.1, 0.15) is 0 Å². The molecule has 1 atom stereocenters. The normalized spacial score (nSPS) is 22.3. The summed E-state index contributed by atoms with van der Waals surface area (Å²) in [5.74, 6) is -1.32. The third-order valence-corrected chi connectivity index (χ3v) is 5.15. The average Bonchev–Trinajstić information content (AvgIpc) is 2.63. The molecule has 0 amide bonds. The molecule has 0 aliphatic carbocycles. The van der Waals surface area contributed by atoms with Gasteiger partial charge >= 0.3 is 5.97 Å². The van der Waals surface area contributed by atoms with Crippen LogP contribution in [-0.2, 0) is 14.8 Å². The van der Waals surface area contributed by atoms with Crippen LogP contribution in [0.2, 0.25) is 0 Å². The minimum Gasteiger partial charge on any atom is -0.481 e. The highest BCUT2D eigenvalue weighted by atomic mass is 32.2. The van der Waals surface area contributed by atoms with E-state index in [0.717, 1.165) is 6.42 Å². The molecule has 1 aliphatic rings. The lowest BCUT2D eigenvalue weighted by Crippen LogP contribution is -2.32. The van der Waals surface area contributed by atoms with Crippen LogP contribution in [0.4, 0.5) is 0 Å². The number of hydrogen-bond acceptors (Lipinski definition) is 3. The Bertz CT molecular complexity index is 397. The maximum absolute atomic E-state index is 12.0. The van der Waals surface area contributed by atoms with E-state index >= 15 is 0 Å². The van der Waals surface area contributed by atoms with Crippen molar-refractivity contribution in [3.8, 4) is 0 Å². The van der Waals surface area contributed by atoms with Crippen molar-refractivity contribution in [2.45, 2.75) is 40.0 Å². The molecule has 6 heteroatoms. The quantitative estimate of drug-likeness (QED) is 0.827. The highest BCUT2D eigenvalue weighted by Crippen LogP contribution is 2.24. The zero-order valence-corrected chi connectivity index (χ0v) is 12.2. The molecule has 0 aromatic carbocycles. The maximum Gasteiger partial charge on any atom is 0.307 e. The fraction of sp³-hybridized carbons (Fsp3) is 0.917. The van der Waals surface area contributed by atoms with Gasteiger partial charge in [-0.1, -0.05) is 20.8 Å². The van der Waals surface area contributed by atoms with Crippen molar-refractivity contribution in [1.29, 1.82) is 0 Å². The van der Waals surface area contributed by atoms with E-state index in [1.54, 1.807) is 0 Å². The van der Waals surface area contributed by atoms with Crippen LogP contribution in [0, 0.1) is 11.3 Å². The molecular weight excluding hydrogens is 254 g/mol. The lowest BCUT2D eigenvalue weighted by molar-refractivity contribution is -0.141. The SMILES string of the molecule is CC(C)(C)CCCS(=O)(=O)N1CCC(C(=O)O)C1. The van der Waals surface area contributed by atoms with Crippen LogP contribution in [0.1, 0.15) is 40.0 Å². The van der Waals surface area contributed by atoms with Gasteiger partial charge < -0.3 is 5.11 Å². The average molecular weight is 277 g/mol. The van der Waals surface area contributed by atoms with E-state index in [1.165, 1.54) is 4.31 Å². The zero-order chi connectivity index (χ0) is 14.0. The summed E-state index contributed by atoms with van der Waals surface area (Å²) >= 11 is 0. The third kappa shape index (κ3) is 4.57. The number of sulfonamides is 1. The smallest absolute Gasteiger partial charge is 0.307 e. The van der Waals surface area contributed by atoms with Crippen LogP contribution in [0.25, 0.3) is 0 Å². The summed E-state index contributed by atoms with van der Waals surface area (Å²) < 4.78 is 25.4. The Morgan fingerprint density at radius 1 is 1.39 bits per heavy atom. The van der Waals surface area contributed by atoms with Gasteiger partial charge in [0.05, 0.1) is 11.7 Å². The van der Waals surface area contributed by atoms with Crippen molar-refractivity contribution in [3.05, 3.63) is 0 Å². The molecule has 0 spiro atoms. The van der Waals surface area contributed by atoms with Gasteiger partial charge in [-0.2, -0.15) is 0 Å². The lowest BCUT2D eigenvalue weighted by Gasteiger charge is -2.20. The molecule has 1 unspecified atom stereocenters. The first-order valence-electron chi connectivity index (χ1n) is 6.32. The molecule has 5 nitrogen and oxygen atoms in total. The van der Waals surface area contributed by atoms with Gasteiger partial charge in [-0.3, -0.25) is 4.79 Å². The first kappa shape index (κ1) is 15.4. The maximum atomic E-state index is 12.0. The van der Waals surface area contributed by atoms with Gasteiger partial charge in [0.2, 0.25) is 10.0 Å². The molecular formula is C12H23NO4S. The standard InChI is InChI=1S/C12H23NO4S/c1-12(2,3)6-4-8-18(16,17)13-7-5-10(9-13)11(14)15/h10H,4-9H2,1-3H3,(H,14,15). The van der Waals surface area contributed by atoms with E-state index in [4.69, 9.17) is 5.11 Å². The largest absolute Gasteiger partial charge is 0.481 e. The van der Waals surface area contributed by atoms with Crippen molar-refractivity contribution in [3.63, 3.8) is 0 Å². The van der Waals surface area contributed by atoms with Crippen LogP contribution in [-0.4, -0.2) is 42.6 Å². The van der Waals surface area contributed by atoms with Crippen LogP contribution in [0.5, 0.6) is 0 Å². The van der Waals surface area contributed by atoms with Crippen molar-refractivity contribution in [2.24, 2.45) is 11.3 Å². The molecule has 1 fully saturated rings. The molecule has 0 aromatic rings. The Morgan fingerprint density at radius 2 is 2.00 bits per heavy atom. The number of carbonyl (C=O) groups is 1. The van der Waals surface area contributed by atoms with E-state index in [-0.39, 0.29) is 17.7 Å². The van der Waals surface area contributed by atoms with Gasteiger partial charge in [0.15, 0.2) is 0 Å². The van der Waals surface area contributed by atoms with Crippen molar-refractivity contribution >= 4 is 16.0 Å². The van der Waals surface area contributed by atoms with E-state index in [9.17, 15) is 13.2 Å². The lowest BCUT2D eigenvalue weighted by atomic mass is 9.91. The highest BCUT2D eigenvalue weighted by molar-refractivity contribution is 7.89. The van der Waals surface area contributed by atoms with Gasteiger partial charge in [0, 0.05) is 13.1 Å². The fourth-order valence-electron chi connectivity index (χ4n) is 2.10. The summed E-state index contributed by atoms with van der Waals surface area (Å²) in [6.07, 6.45) is 1.90. The number of nitrogens with zero attached hydrogens (tertiary/aromatic N) is 1. The van der Waals surface area contributed by atoms with E-state index in [2.05, 4.69) is 20.8 Å². The number of aliphatic carboxylic acids is 1. The third-order valence-electron chi connectivity index (χ3n) is 3.22. The Labute approximate surface area is 109 Å². The monoisotopic (exact) mass is 277 g/mol. The van der Waals surface area contributed by atoms with Crippen molar-refractivity contribution in [1.82, 2.24) is 4.31 Å². The first-order chi connectivity index (χ1) is 8.12. The first-order valence-corrected chi connectivity index (χ1v) is 7.93. The molecule has 0 saturated carbocycles. The zero-order valence-electron chi connectivity index (χ0n) is 11.3. The Kier molecular flexibility index (Phi) is 4.78. The second-order valence-corrected chi connectivity index (χ2v) is 8.25. The summed E-state index contributed by atoms with van der Waals surface area (Å²) in [4.78, 5) is 10.8. The Morgan fingerprint density at radius 3 is 2.44 bits per heavy atom. The van der Waals surface area contributed by atoms with E-state index < -0.39 is 21.9 Å². The predicted octanol–water partition coefficient (Wildman–Crippen LogP) is 1.55. The van der Waals surface area contributed by atoms with Crippen molar-refractivity contribution in [2.75, 3.05) is 18.8 Å².